The first-order valence-corrected chi connectivity index (χ1v) is 9.23. The van der Waals surface area contributed by atoms with Gasteiger partial charge in [0.2, 0.25) is 0 Å². The van der Waals surface area contributed by atoms with Crippen LogP contribution in [0.15, 0.2) is 54.2 Å². The first kappa shape index (κ1) is 18.7. The quantitative estimate of drug-likeness (QED) is 0.640. The average molecular weight is 384 g/mol. The van der Waals surface area contributed by atoms with Crippen LogP contribution in [0.4, 0.5) is 5.69 Å². The van der Waals surface area contributed by atoms with E-state index >= 15 is 0 Å². The second kappa shape index (κ2) is 8.50. The molecule has 0 radical (unpaired) electrons. The molecular weight excluding hydrogens is 364 g/mol. The van der Waals surface area contributed by atoms with Gasteiger partial charge in [-0.15, -0.1) is 11.3 Å². The molecule has 3 rings (SSSR count). The molecule has 0 aliphatic carbocycles. The summed E-state index contributed by atoms with van der Waals surface area (Å²) in [5.74, 6) is -0.966. The van der Waals surface area contributed by atoms with Crippen molar-refractivity contribution in [2.75, 3.05) is 19.0 Å². The first-order valence-electron chi connectivity index (χ1n) is 8.35. The Kier molecular flexibility index (Phi) is 5.87. The highest BCUT2D eigenvalue weighted by atomic mass is 32.1. The molecule has 2 amide bonds. The summed E-state index contributed by atoms with van der Waals surface area (Å²) in [6.07, 6.45) is 3.51. The summed E-state index contributed by atoms with van der Waals surface area (Å²) in [5.41, 5.74) is 1.41. The smallest absolute Gasteiger partial charge is 0.313 e. The van der Waals surface area contributed by atoms with Gasteiger partial charge in [-0.1, -0.05) is 12.1 Å². The van der Waals surface area contributed by atoms with E-state index in [-0.39, 0.29) is 12.6 Å². The number of rotatable bonds is 6. The number of carbonyl (C=O) groups excluding carboxylic acids is 2. The van der Waals surface area contributed by atoms with Gasteiger partial charge in [0.15, 0.2) is 0 Å². The molecule has 7 nitrogen and oxygen atoms in total. The molecule has 0 saturated heterocycles. The van der Waals surface area contributed by atoms with Crippen LogP contribution >= 0.6 is 11.3 Å². The minimum atomic E-state index is -0.746. The zero-order valence-corrected chi connectivity index (χ0v) is 15.8. The van der Waals surface area contributed by atoms with Gasteiger partial charge >= 0.3 is 11.8 Å². The lowest BCUT2D eigenvalue weighted by Crippen LogP contribution is -2.38. The molecule has 3 aromatic rings. The number of ether oxygens (including phenoxy) is 1. The Bertz CT molecular complexity index is 873. The molecule has 0 saturated carbocycles. The van der Waals surface area contributed by atoms with Gasteiger partial charge in [-0.25, -0.2) is 0 Å². The van der Waals surface area contributed by atoms with E-state index < -0.39 is 11.8 Å². The number of amides is 2. The van der Waals surface area contributed by atoms with Gasteiger partial charge in [-0.3, -0.25) is 14.3 Å². The predicted octanol–water partition coefficient (Wildman–Crippen LogP) is 2.61. The standard InChI is InChI=1S/C19H20N4O3S/c1-13-6-7-16(26-2)14(11-13)22-19(25)18(24)20-12-15(17-5-3-10-27-17)23-9-4-8-21-23/h3-11,15H,12H2,1-2H3,(H,20,24)(H,22,25). The number of aryl methyl sites for hydroxylation is 1. The van der Waals surface area contributed by atoms with Crippen molar-refractivity contribution >= 4 is 28.8 Å². The summed E-state index contributed by atoms with van der Waals surface area (Å²) in [4.78, 5) is 25.6. The molecule has 8 heteroatoms. The van der Waals surface area contributed by atoms with E-state index in [0.29, 0.717) is 11.4 Å². The zero-order chi connectivity index (χ0) is 19.2. The van der Waals surface area contributed by atoms with Crippen LogP contribution in [0.1, 0.15) is 16.5 Å². The van der Waals surface area contributed by atoms with Gasteiger partial charge in [0, 0.05) is 23.8 Å². The molecule has 0 aliphatic rings. The summed E-state index contributed by atoms with van der Waals surface area (Å²) in [6, 6.07) is 10.9. The summed E-state index contributed by atoms with van der Waals surface area (Å²) in [6.45, 7) is 2.14. The fourth-order valence-electron chi connectivity index (χ4n) is 2.64. The molecule has 2 aromatic heterocycles. The Hall–Kier alpha value is -3.13. The third-order valence-electron chi connectivity index (χ3n) is 3.98. The highest BCUT2D eigenvalue weighted by Gasteiger charge is 2.20. The largest absolute Gasteiger partial charge is 0.495 e. The Morgan fingerprint density at radius 2 is 2.11 bits per heavy atom. The second-order valence-corrected chi connectivity index (χ2v) is 6.86. The van der Waals surface area contributed by atoms with Crippen LogP contribution in [0.3, 0.4) is 0 Å². The van der Waals surface area contributed by atoms with Crippen molar-refractivity contribution in [3.05, 3.63) is 64.6 Å². The number of nitrogens with zero attached hydrogens (tertiary/aromatic N) is 2. The number of anilines is 1. The number of benzene rings is 1. The summed E-state index contributed by atoms with van der Waals surface area (Å²) < 4.78 is 6.98. The van der Waals surface area contributed by atoms with E-state index in [4.69, 9.17) is 4.74 Å². The van der Waals surface area contributed by atoms with Crippen molar-refractivity contribution in [2.45, 2.75) is 13.0 Å². The Labute approximate surface area is 161 Å². The van der Waals surface area contributed by atoms with Gasteiger partial charge < -0.3 is 15.4 Å². The summed E-state index contributed by atoms with van der Waals surface area (Å²) in [7, 11) is 1.51. The van der Waals surface area contributed by atoms with Crippen LogP contribution in [-0.4, -0.2) is 35.2 Å². The van der Waals surface area contributed by atoms with Crippen molar-refractivity contribution in [3.63, 3.8) is 0 Å². The Morgan fingerprint density at radius 1 is 1.26 bits per heavy atom. The highest BCUT2D eigenvalue weighted by molar-refractivity contribution is 7.10. The average Bonchev–Trinajstić information content (AvgIpc) is 3.36. The number of aromatic nitrogens is 2. The molecule has 1 unspecified atom stereocenters. The third-order valence-corrected chi connectivity index (χ3v) is 4.95. The Morgan fingerprint density at radius 3 is 2.78 bits per heavy atom. The fourth-order valence-corrected chi connectivity index (χ4v) is 3.46. The maximum absolute atomic E-state index is 12.3. The number of nitrogens with one attached hydrogen (secondary N) is 2. The van der Waals surface area contributed by atoms with E-state index in [1.807, 2.05) is 42.8 Å². The summed E-state index contributed by atoms with van der Waals surface area (Å²) in [5, 5.41) is 11.5. The number of thiophene rings is 1. The molecule has 0 spiro atoms. The van der Waals surface area contributed by atoms with Gasteiger partial charge in [-0.2, -0.15) is 5.10 Å². The predicted molar refractivity (Wildman–Crippen MR) is 104 cm³/mol. The van der Waals surface area contributed by atoms with Crippen molar-refractivity contribution in [1.82, 2.24) is 15.1 Å². The topological polar surface area (TPSA) is 85.2 Å². The molecule has 2 N–H and O–H groups in total. The van der Waals surface area contributed by atoms with Crippen molar-refractivity contribution in [3.8, 4) is 5.75 Å². The molecule has 0 aliphatic heterocycles. The monoisotopic (exact) mass is 384 g/mol. The Balaban J connectivity index is 1.66. The molecule has 0 bridgehead atoms. The molecule has 1 atom stereocenters. The van der Waals surface area contributed by atoms with E-state index in [9.17, 15) is 9.59 Å². The number of hydrogen-bond acceptors (Lipinski definition) is 5. The van der Waals surface area contributed by atoms with Crippen molar-refractivity contribution in [2.24, 2.45) is 0 Å². The number of methoxy groups -OCH3 is 1. The van der Waals surface area contributed by atoms with E-state index in [1.165, 1.54) is 7.11 Å². The second-order valence-electron chi connectivity index (χ2n) is 5.89. The van der Waals surface area contributed by atoms with Crippen LogP contribution in [0.25, 0.3) is 0 Å². The molecule has 1 aromatic carbocycles. The normalized spacial score (nSPS) is 11.6. The summed E-state index contributed by atoms with van der Waals surface area (Å²) >= 11 is 1.57. The lowest BCUT2D eigenvalue weighted by Gasteiger charge is -2.17. The molecule has 0 fully saturated rings. The first-order chi connectivity index (χ1) is 13.1. The lowest BCUT2D eigenvalue weighted by molar-refractivity contribution is -0.136. The van der Waals surface area contributed by atoms with E-state index in [2.05, 4.69) is 15.7 Å². The van der Waals surface area contributed by atoms with Gasteiger partial charge in [-0.05, 0) is 42.1 Å². The highest BCUT2D eigenvalue weighted by Crippen LogP contribution is 2.25. The lowest BCUT2D eigenvalue weighted by atomic mass is 10.2. The third kappa shape index (κ3) is 4.53. The SMILES string of the molecule is COc1ccc(C)cc1NC(=O)C(=O)NCC(c1cccs1)n1cccn1. The van der Waals surface area contributed by atoms with Crippen LogP contribution in [-0.2, 0) is 9.59 Å². The molecular formula is C19H20N4O3S. The minimum Gasteiger partial charge on any atom is -0.495 e. The number of hydrogen-bond donors (Lipinski definition) is 2. The zero-order valence-electron chi connectivity index (χ0n) is 15.0. The van der Waals surface area contributed by atoms with E-state index in [0.717, 1.165) is 10.4 Å². The fraction of sp³-hybridized carbons (Fsp3) is 0.211. The van der Waals surface area contributed by atoms with Gasteiger partial charge in [0.25, 0.3) is 0 Å². The molecule has 27 heavy (non-hydrogen) atoms. The maximum Gasteiger partial charge on any atom is 0.313 e. The van der Waals surface area contributed by atoms with Crippen LogP contribution in [0.5, 0.6) is 5.75 Å². The van der Waals surface area contributed by atoms with Crippen LogP contribution in [0.2, 0.25) is 0 Å². The number of carbonyl (C=O) groups is 2. The minimum absolute atomic E-state index is 0.176. The van der Waals surface area contributed by atoms with Crippen molar-refractivity contribution < 1.29 is 14.3 Å². The maximum atomic E-state index is 12.3. The van der Waals surface area contributed by atoms with Crippen LogP contribution < -0.4 is 15.4 Å². The molecule has 140 valence electrons. The van der Waals surface area contributed by atoms with Gasteiger partial charge in [0.1, 0.15) is 11.8 Å². The van der Waals surface area contributed by atoms with Crippen molar-refractivity contribution in [1.29, 1.82) is 0 Å². The van der Waals surface area contributed by atoms with Gasteiger partial charge in [0.05, 0.1) is 12.8 Å². The molecule has 2 heterocycles. The van der Waals surface area contributed by atoms with E-state index in [1.54, 1.807) is 34.3 Å². The van der Waals surface area contributed by atoms with Crippen LogP contribution in [0, 0.1) is 6.92 Å².